The van der Waals surface area contributed by atoms with Crippen LogP contribution in [-0.4, -0.2) is 36.5 Å². The van der Waals surface area contributed by atoms with Crippen molar-refractivity contribution in [2.45, 2.75) is 19.8 Å². The van der Waals surface area contributed by atoms with Gasteiger partial charge in [0, 0.05) is 0 Å². The van der Waals surface area contributed by atoms with Crippen LogP contribution in [0.3, 0.4) is 0 Å². The van der Waals surface area contributed by atoms with Gasteiger partial charge in [-0.2, -0.15) is 0 Å². The molecule has 1 amide bonds. The average molecular weight is 171 g/mol. The van der Waals surface area contributed by atoms with Gasteiger partial charge >= 0.3 is 6.09 Å². The van der Waals surface area contributed by atoms with Gasteiger partial charge in [-0.15, -0.1) is 0 Å². The van der Waals surface area contributed by atoms with Crippen LogP contribution in [0.4, 0.5) is 4.79 Å². The van der Waals surface area contributed by atoms with Gasteiger partial charge in [0.25, 0.3) is 0 Å². The zero-order valence-electron chi connectivity index (χ0n) is 7.21. The van der Waals surface area contributed by atoms with E-state index in [1.807, 2.05) is 6.92 Å². The first-order chi connectivity index (χ1) is 5.74. The number of carbonyl (C=O) groups excluding carboxylic acids is 2. The topological polar surface area (TPSA) is 46.6 Å². The molecule has 0 saturated carbocycles. The number of hydrogen-bond donors (Lipinski definition) is 0. The van der Waals surface area contributed by atoms with Crippen LogP contribution in [0.1, 0.15) is 19.8 Å². The first kappa shape index (κ1) is 9.03. The Morgan fingerprint density at radius 1 is 1.58 bits per heavy atom. The highest BCUT2D eigenvalue weighted by atomic mass is 16.6. The van der Waals surface area contributed by atoms with Crippen molar-refractivity contribution in [2.75, 3.05) is 19.7 Å². The number of nitrogens with zero attached hydrogens (tertiary/aromatic N) is 1. The summed E-state index contributed by atoms with van der Waals surface area (Å²) in [6.45, 7) is 2.94. The second-order valence-corrected chi connectivity index (χ2v) is 2.86. The number of hydrogen-bond acceptors (Lipinski definition) is 3. The second kappa shape index (κ2) is 4.09. The van der Waals surface area contributed by atoms with Crippen molar-refractivity contribution < 1.29 is 14.3 Å². The van der Waals surface area contributed by atoms with Crippen LogP contribution in [-0.2, 0) is 9.53 Å². The number of amides is 1. The van der Waals surface area contributed by atoms with Gasteiger partial charge in [0.2, 0.25) is 0 Å². The molecule has 0 aromatic heterocycles. The fourth-order valence-electron chi connectivity index (χ4n) is 0.904. The summed E-state index contributed by atoms with van der Waals surface area (Å²) in [6.07, 6.45) is 1.53. The highest BCUT2D eigenvalue weighted by molar-refractivity contribution is 5.94. The number of likely N-dealkylation sites (tertiary alicyclic amines) is 1. The SMILES string of the molecule is CCCCOC(=O)N1CC(=O)C1. The van der Waals surface area contributed by atoms with Crippen LogP contribution in [0, 0.1) is 0 Å². The lowest BCUT2D eigenvalue weighted by atomic mass is 10.2. The molecule has 1 rings (SSSR count). The van der Waals surface area contributed by atoms with Gasteiger partial charge in [-0.1, -0.05) is 13.3 Å². The average Bonchev–Trinajstić information content (AvgIpc) is 1.99. The molecule has 0 aliphatic carbocycles. The van der Waals surface area contributed by atoms with Gasteiger partial charge in [0.05, 0.1) is 19.7 Å². The molecule has 1 heterocycles. The fraction of sp³-hybridized carbons (Fsp3) is 0.750. The monoisotopic (exact) mass is 171 g/mol. The highest BCUT2D eigenvalue weighted by Gasteiger charge is 2.28. The van der Waals surface area contributed by atoms with Crippen LogP contribution in [0.25, 0.3) is 0 Å². The number of carbonyl (C=O) groups is 2. The minimum absolute atomic E-state index is 0.0995. The maximum atomic E-state index is 11.0. The Morgan fingerprint density at radius 3 is 2.75 bits per heavy atom. The highest BCUT2D eigenvalue weighted by Crippen LogP contribution is 2.04. The summed E-state index contributed by atoms with van der Waals surface area (Å²) in [5.41, 5.74) is 0. The van der Waals surface area contributed by atoms with Crippen molar-refractivity contribution in [2.24, 2.45) is 0 Å². The maximum absolute atomic E-state index is 11.0. The van der Waals surface area contributed by atoms with Crippen LogP contribution in [0.5, 0.6) is 0 Å². The van der Waals surface area contributed by atoms with Crippen molar-refractivity contribution in [3.63, 3.8) is 0 Å². The van der Waals surface area contributed by atoms with Crippen molar-refractivity contribution in [3.05, 3.63) is 0 Å². The number of ketones is 1. The lowest BCUT2D eigenvalue weighted by Crippen LogP contribution is -2.50. The molecule has 4 nitrogen and oxygen atoms in total. The molecule has 1 aliphatic rings. The van der Waals surface area contributed by atoms with E-state index in [1.54, 1.807) is 0 Å². The number of Topliss-reactive ketones (excluding diaryl/α,β-unsaturated/α-hetero) is 1. The molecule has 0 aromatic carbocycles. The van der Waals surface area contributed by atoms with Crippen molar-refractivity contribution >= 4 is 11.9 Å². The predicted octanol–water partition coefficient (Wildman–Crippen LogP) is 0.808. The van der Waals surface area contributed by atoms with Gasteiger partial charge in [0.1, 0.15) is 0 Å². The van der Waals surface area contributed by atoms with E-state index in [2.05, 4.69) is 0 Å². The third kappa shape index (κ3) is 2.22. The van der Waals surface area contributed by atoms with Crippen molar-refractivity contribution in [3.8, 4) is 0 Å². The Morgan fingerprint density at radius 2 is 2.25 bits per heavy atom. The van der Waals surface area contributed by atoms with Gasteiger partial charge in [-0.3, -0.25) is 9.69 Å². The molecule has 4 heteroatoms. The second-order valence-electron chi connectivity index (χ2n) is 2.86. The summed E-state index contributed by atoms with van der Waals surface area (Å²) in [6, 6.07) is 0. The number of rotatable bonds is 3. The molecular formula is C8H13NO3. The molecule has 12 heavy (non-hydrogen) atoms. The summed E-state index contributed by atoms with van der Waals surface area (Å²) in [5.74, 6) is 0.0995. The summed E-state index contributed by atoms with van der Waals surface area (Å²) < 4.78 is 4.87. The summed E-state index contributed by atoms with van der Waals surface area (Å²) in [7, 11) is 0. The summed E-state index contributed by atoms with van der Waals surface area (Å²) in [5, 5.41) is 0. The van der Waals surface area contributed by atoms with E-state index in [4.69, 9.17) is 4.74 Å². The molecule has 68 valence electrons. The fourth-order valence-corrected chi connectivity index (χ4v) is 0.904. The normalized spacial score (nSPS) is 15.8. The Bertz CT molecular complexity index is 183. The molecule has 0 N–H and O–H groups in total. The Labute approximate surface area is 71.5 Å². The number of ether oxygens (including phenoxy) is 1. The molecule has 0 unspecified atom stereocenters. The Kier molecular flexibility index (Phi) is 3.08. The lowest BCUT2D eigenvalue weighted by molar-refractivity contribution is -0.127. The zero-order valence-corrected chi connectivity index (χ0v) is 7.21. The van der Waals surface area contributed by atoms with E-state index >= 15 is 0 Å². The lowest BCUT2D eigenvalue weighted by Gasteiger charge is -2.28. The molecule has 0 aromatic rings. The third-order valence-electron chi connectivity index (χ3n) is 1.72. The van der Waals surface area contributed by atoms with E-state index < -0.39 is 0 Å². The van der Waals surface area contributed by atoms with Crippen LogP contribution < -0.4 is 0 Å². The molecular weight excluding hydrogens is 158 g/mol. The Hall–Kier alpha value is -1.06. The van der Waals surface area contributed by atoms with E-state index in [9.17, 15) is 9.59 Å². The predicted molar refractivity (Wildman–Crippen MR) is 42.8 cm³/mol. The minimum atomic E-state index is -0.358. The first-order valence-corrected chi connectivity index (χ1v) is 4.17. The molecule has 0 spiro atoms. The van der Waals surface area contributed by atoms with Gasteiger partial charge < -0.3 is 4.74 Å². The molecule has 1 fully saturated rings. The smallest absolute Gasteiger partial charge is 0.410 e. The van der Waals surface area contributed by atoms with Crippen LogP contribution in [0.2, 0.25) is 0 Å². The van der Waals surface area contributed by atoms with Crippen LogP contribution in [0.15, 0.2) is 0 Å². The molecule has 0 radical (unpaired) electrons. The number of unbranched alkanes of at least 4 members (excludes halogenated alkanes) is 1. The maximum Gasteiger partial charge on any atom is 0.410 e. The van der Waals surface area contributed by atoms with Gasteiger partial charge in [-0.05, 0) is 6.42 Å². The molecule has 0 bridgehead atoms. The Balaban J connectivity index is 2.08. The quantitative estimate of drug-likeness (QED) is 0.590. The van der Waals surface area contributed by atoms with E-state index in [0.717, 1.165) is 12.8 Å². The van der Waals surface area contributed by atoms with E-state index in [-0.39, 0.29) is 25.0 Å². The summed E-state index contributed by atoms with van der Waals surface area (Å²) >= 11 is 0. The van der Waals surface area contributed by atoms with Crippen molar-refractivity contribution in [1.82, 2.24) is 4.90 Å². The largest absolute Gasteiger partial charge is 0.449 e. The van der Waals surface area contributed by atoms with Crippen LogP contribution >= 0.6 is 0 Å². The third-order valence-corrected chi connectivity index (χ3v) is 1.72. The molecule has 0 atom stereocenters. The first-order valence-electron chi connectivity index (χ1n) is 4.17. The minimum Gasteiger partial charge on any atom is -0.449 e. The van der Waals surface area contributed by atoms with Crippen molar-refractivity contribution in [1.29, 1.82) is 0 Å². The summed E-state index contributed by atoms with van der Waals surface area (Å²) in [4.78, 5) is 22.9. The standard InChI is InChI=1S/C8H13NO3/c1-2-3-4-12-8(11)9-5-7(10)6-9/h2-6H2,1H3. The molecule has 1 saturated heterocycles. The van der Waals surface area contributed by atoms with E-state index in [0.29, 0.717) is 6.61 Å². The zero-order chi connectivity index (χ0) is 8.97. The van der Waals surface area contributed by atoms with Gasteiger partial charge in [-0.25, -0.2) is 4.79 Å². The molecule has 1 aliphatic heterocycles. The van der Waals surface area contributed by atoms with Gasteiger partial charge in [0.15, 0.2) is 5.78 Å². The van der Waals surface area contributed by atoms with E-state index in [1.165, 1.54) is 4.90 Å².